The Labute approximate surface area is 219 Å². The Kier molecular flexibility index (Phi) is 7.80. The van der Waals surface area contributed by atoms with E-state index in [-0.39, 0.29) is 22.8 Å². The van der Waals surface area contributed by atoms with Crippen molar-refractivity contribution in [3.8, 4) is 17.2 Å². The van der Waals surface area contributed by atoms with Gasteiger partial charge in [0, 0.05) is 50.4 Å². The first-order chi connectivity index (χ1) is 18.7. The monoisotopic (exact) mass is 538 g/mol. The molecule has 2 aromatic heterocycles. The second-order valence-corrected chi connectivity index (χ2v) is 7.91. The molecule has 39 heavy (non-hydrogen) atoms. The lowest BCUT2D eigenvalue weighted by atomic mass is 10.2. The van der Waals surface area contributed by atoms with E-state index in [9.17, 15) is 27.6 Å². The van der Waals surface area contributed by atoms with E-state index in [1.165, 1.54) is 56.8 Å². The van der Waals surface area contributed by atoms with Gasteiger partial charge in [0.15, 0.2) is 17.4 Å². The van der Waals surface area contributed by atoms with Crippen molar-refractivity contribution in [2.24, 2.45) is 0 Å². The normalized spacial score (nSPS) is 10.5. The summed E-state index contributed by atoms with van der Waals surface area (Å²) in [6, 6.07) is 9.99. The van der Waals surface area contributed by atoms with Gasteiger partial charge < -0.3 is 20.7 Å². The predicted molar refractivity (Wildman–Crippen MR) is 138 cm³/mol. The maximum absolute atomic E-state index is 14.9. The van der Waals surface area contributed by atoms with Crippen LogP contribution in [0.15, 0.2) is 71.8 Å². The Morgan fingerprint density at radius 3 is 2.33 bits per heavy atom. The second kappa shape index (κ2) is 11.4. The van der Waals surface area contributed by atoms with Crippen LogP contribution in [-0.2, 0) is 0 Å². The highest BCUT2D eigenvalue weighted by atomic mass is 19.1. The van der Waals surface area contributed by atoms with E-state index in [0.717, 1.165) is 22.8 Å². The maximum atomic E-state index is 14.9. The van der Waals surface area contributed by atoms with Crippen molar-refractivity contribution in [2.45, 2.75) is 0 Å². The van der Waals surface area contributed by atoms with Gasteiger partial charge in [-0.2, -0.15) is 0 Å². The average Bonchev–Trinajstić information content (AvgIpc) is 2.92. The number of carbonyl (C=O) groups is 2. The third-order valence-corrected chi connectivity index (χ3v) is 5.39. The zero-order valence-corrected chi connectivity index (χ0v) is 20.5. The number of pyridine rings is 2. The fourth-order valence-corrected chi connectivity index (χ4v) is 3.50. The van der Waals surface area contributed by atoms with E-state index >= 15 is 0 Å². The number of aromatic nitrogens is 2. The van der Waals surface area contributed by atoms with Crippen molar-refractivity contribution >= 4 is 29.1 Å². The summed E-state index contributed by atoms with van der Waals surface area (Å²) >= 11 is 0. The minimum Gasteiger partial charge on any atom is -0.454 e. The third kappa shape index (κ3) is 5.98. The molecule has 0 aliphatic rings. The number of hydrogen-bond donors (Lipinski definition) is 4. The molecule has 4 N–H and O–H groups in total. The summed E-state index contributed by atoms with van der Waals surface area (Å²) in [4.78, 5) is 41.6. The molecular formula is C26H21F3N6O4. The van der Waals surface area contributed by atoms with E-state index in [4.69, 9.17) is 4.74 Å². The molecule has 0 fully saturated rings. The van der Waals surface area contributed by atoms with Crippen LogP contribution in [0, 0.1) is 17.5 Å². The van der Waals surface area contributed by atoms with Crippen molar-refractivity contribution in [1.29, 1.82) is 0 Å². The number of amides is 3. The van der Waals surface area contributed by atoms with Crippen LogP contribution in [0.25, 0.3) is 5.69 Å². The van der Waals surface area contributed by atoms with Gasteiger partial charge >= 0.3 is 6.03 Å². The zero-order chi connectivity index (χ0) is 28.1. The SMILES string of the molecule is CNC(=O)Nc1cc(Oc2cc(F)c(NC(=O)c3c(NC)ccn(-c4ccc(F)cc4)c3=O)cc2F)ccn1. The molecule has 2 heterocycles. The number of nitrogens with one attached hydrogen (secondary N) is 4. The smallest absolute Gasteiger partial charge is 0.320 e. The van der Waals surface area contributed by atoms with Gasteiger partial charge in [0.05, 0.1) is 11.4 Å². The molecule has 0 radical (unpaired) electrons. The number of nitrogens with zero attached hydrogens (tertiary/aromatic N) is 2. The quantitative estimate of drug-likeness (QED) is 0.275. The van der Waals surface area contributed by atoms with Crippen molar-refractivity contribution < 1.29 is 27.5 Å². The lowest BCUT2D eigenvalue weighted by Crippen LogP contribution is -2.29. The molecule has 0 atom stereocenters. The predicted octanol–water partition coefficient (Wildman–Crippen LogP) is 4.49. The van der Waals surface area contributed by atoms with Gasteiger partial charge in [-0.15, -0.1) is 0 Å². The van der Waals surface area contributed by atoms with Crippen LogP contribution in [0.2, 0.25) is 0 Å². The molecule has 13 heteroatoms. The Morgan fingerprint density at radius 1 is 0.897 bits per heavy atom. The summed E-state index contributed by atoms with van der Waals surface area (Å²) < 4.78 is 49.5. The van der Waals surface area contributed by atoms with Gasteiger partial charge in [0.1, 0.15) is 22.9 Å². The standard InChI is InChI=1S/C26H21F3N6O4/c1-30-19-8-10-35(15-5-3-14(27)4-6-15)25(37)23(19)24(36)33-20-12-18(29)21(13-17(20)28)39-16-7-9-32-22(11-16)34-26(38)31-2/h3-13,30H,1-2H3,(H,33,36)(H2,31,32,34,38). The Bertz CT molecular complexity index is 1610. The summed E-state index contributed by atoms with van der Waals surface area (Å²) in [5, 5.41) is 9.69. The number of anilines is 3. The molecule has 2 aromatic carbocycles. The molecule has 0 aliphatic heterocycles. The molecule has 0 bridgehead atoms. The lowest BCUT2D eigenvalue weighted by molar-refractivity contribution is 0.102. The minimum absolute atomic E-state index is 0.0516. The van der Waals surface area contributed by atoms with Gasteiger partial charge in [-0.05, 0) is 36.4 Å². The molecule has 0 spiro atoms. The van der Waals surface area contributed by atoms with Crippen LogP contribution in [0.3, 0.4) is 0 Å². The fourth-order valence-electron chi connectivity index (χ4n) is 3.50. The fraction of sp³-hybridized carbons (Fsp3) is 0.0769. The van der Waals surface area contributed by atoms with Crippen LogP contribution >= 0.6 is 0 Å². The molecule has 200 valence electrons. The Morgan fingerprint density at radius 2 is 1.64 bits per heavy atom. The second-order valence-electron chi connectivity index (χ2n) is 7.91. The van der Waals surface area contributed by atoms with E-state index < -0.39 is 46.4 Å². The van der Waals surface area contributed by atoms with Crippen LogP contribution in [0.5, 0.6) is 11.5 Å². The highest BCUT2D eigenvalue weighted by Crippen LogP contribution is 2.30. The summed E-state index contributed by atoms with van der Waals surface area (Å²) in [7, 11) is 2.89. The molecule has 0 unspecified atom stereocenters. The zero-order valence-electron chi connectivity index (χ0n) is 20.5. The summed E-state index contributed by atoms with van der Waals surface area (Å²) in [5.41, 5.74) is -1.26. The largest absolute Gasteiger partial charge is 0.454 e. The maximum Gasteiger partial charge on any atom is 0.320 e. The first-order valence-electron chi connectivity index (χ1n) is 11.3. The number of benzene rings is 2. The van der Waals surface area contributed by atoms with Crippen molar-refractivity contribution in [3.05, 3.63) is 100 Å². The summed E-state index contributed by atoms with van der Waals surface area (Å²) in [5.74, 6) is -3.93. The first kappa shape index (κ1) is 26.7. The molecule has 10 nitrogen and oxygen atoms in total. The summed E-state index contributed by atoms with van der Waals surface area (Å²) in [6.45, 7) is 0. The minimum atomic E-state index is -1.04. The lowest BCUT2D eigenvalue weighted by Gasteiger charge is -2.14. The van der Waals surface area contributed by atoms with Gasteiger partial charge in [0.25, 0.3) is 11.5 Å². The number of rotatable bonds is 7. The molecular weight excluding hydrogens is 517 g/mol. The molecule has 3 amide bonds. The van der Waals surface area contributed by atoms with Gasteiger partial charge in [-0.25, -0.2) is 22.9 Å². The summed E-state index contributed by atoms with van der Waals surface area (Å²) in [6.07, 6.45) is 2.68. The van der Waals surface area contributed by atoms with E-state index in [1.807, 2.05) is 0 Å². The molecule has 0 aliphatic carbocycles. The van der Waals surface area contributed by atoms with Crippen LogP contribution in [0.1, 0.15) is 10.4 Å². The first-order valence-corrected chi connectivity index (χ1v) is 11.3. The number of urea groups is 1. The number of ether oxygens (including phenoxy) is 1. The highest BCUT2D eigenvalue weighted by molar-refractivity contribution is 6.07. The third-order valence-electron chi connectivity index (χ3n) is 5.39. The Hall–Kier alpha value is -5.33. The molecule has 0 saturated heterocycles. The Balaban J connectivity index is 1.60. The van der Waals surface area contributed by atoms with Gasteiger partial charge in [-0.1, -0.05) is 0 Å². The highest BCUT2D eigenvalue weighted by Gasteiger charge is 2.21. The van der Waals surface area contributed by atoms with E-state index in [1.54, 1.807) is 0 Å². The van der Waals surface area contributed by atoms with Crippen LogP contribution < -0.4 is 31.6 Å². The number of halogens is 3. The molecule has 4 rings (SSSR count). The van der Waals surface area contributed by atoms with Crippen molar-refractivity contribution in [1.82, 2.24) is 14.9 Å². The topological polar surface area (TPSA) is 126 Å². The van der Waals surface area contributed by atoms with Crippen LogP contribution in [-0.4, -0.2) is 35.6 Å². The van der Waals surface area contributed by atoms with Gasteiger partial charge in [0.2, 0.25) is 0 Å². The number of hydrogen-bond acceptors (Lipinski definition) is 6. The van der Waals surface area contributed by atoms with E-state index in [0.29, 0.717) is 11.8 Å². The van der Waals surface area contributed by atoms with Crippen molar-refractivity contribution in [2.75, 3.05) is 30.0 Å². The number of carbonyl (C=O) groups excluding carboxylic acids is 2. The molecule has 4 aromatic rings. The van der Waals surface area contributed by atoms with E-state index in [2.05, 4.69) is 26.3 Å². The van der Waals surface area contributed by atoms with Crippen LogP contribution in [0.4, 0.5) is 35.2 Å². The van der Waals surface area contributed by atoms with Crippen molar-refractivity contribution in [3.63, 3.8) is 0 Å². The average molecular weight is 538 g/mol. The molecule has 0 saturated carbocycles. The van der Waals surface area contributed by atoms with Gasteiger partial charge in [-0.3, -0.25) is 19.5 Å².